The number of rotatable bonds is 7. The van der Waals surface area contributed by atoms with Crippen LogP contribution in [0.15, 0.2) is 114 Å². The van der Waals surface area contributed by atoms with E-state index in [2.05, 4.69) is 21.2 Å². The molecule has 0 spiro atoms. The molecule has 42 heavy (non-hydrogen) atoms. The topological polar surface area (TPSA) is 96.7 Å². The molecule has 0 radical (unpaired) electrons. The number of aryl methyl sites for hydroxylation is 1. The fraction of sp³-hybridized carbons (Fsp3) is 0.0588. The van der Waals surface area contributed by atoms with Crippen LogP contribution in [0, 0.1) is 6.92 Å². The number of para-hydroxylation sites is 1. The van der Waals surface area contributed by atoms with Crippen molar-refractivity contribution in [2.45, 2.75) is 12.1 Å². The van der Waals surface area contributed by atoms with Crippen LogP contribution >= 0.6 is 11.8 Å². The number of hydrogen-bond donors (Lipinski definition) is 2. The van der Waals surface area contributed by atoms with Crippen LogP contribution in [0.1, 0.15) is 15.9 Å². The molecule has 3 heterocycles. The predicted molar refractivity (Wildman–Crippen MR) is 167 cm³/mol. The molecule has 0 bridgehead atoms. The molecule has 204 valence electrons. The largest absolute Gasteiger partial charge is 0.508 e. The average molecular weight is 568 g/mol. The zero-order valence-corrected chi connectivity index (χ0v) is 23.5. The molecule has 0 aliphatic heterocycles. The molecule has 0 amide bonds. The minimum absolute atomic E-state index is 0.0186. The van der Waals surface area contributed by atoms with Crippen LogP contribution in [0.5, 0.6) is 5.75 Å². The normalized spacial score (nSPS) is 11.4. The van der Waals surface area contributed by atoms with Gasteiger partial charge in [-0.15, -0.1) is 10.2 Å². The lowest BCUT2D eigenvalue weighted by atomic mass is 10.1. The summed E-state index contributed by atoms with van der Waals surface area (Å²) in [4.78, 5) is 21.6. The Morgan fingerprint density at radius 1 is 0.857 bits per heavy atom. The molecule has 0 saturated carbocycles. The van der Waals surface area contributed by atoms with Crippen LogP contribution in [-0.2, 0) is 0 Å². The highest BCUT2D eigenvalue weighted by Gasteiger charge is 2.22. The maximum Gasteiger partial charge on any atom is 0.196 e. The molecule has 0 aliphatic rings. The number of ketones is 1. The quantitative estimate of drug-likeness (QED) is 0.152. The Morgan fingerprint density at radius 2 is 1.64 bits per heavy atom. The summed E-state index contributed by atoms with van der Waals surface area (Å²) >= 11 is 1.35. The molecule has 3 aromatic heterocycles. The molecule has 0 unspecified atom stereocenters. The lowest BCUT2D eigenvalue weighted by Crippen LogP contribution is -2.05. The number of aromatic hydroxyl groups is 1. The van der Waals surface area contributed by atoms with E-state index in [0.717, 1.165) is 38.6 Å². The van der Waals surface area contributed by atoms with E-state index in [1.54, 1.807) is 18.2 Å². The van der Waals surface area contributed by atoms with Gasteiger partial charge in [-0.1, -0.05) is 90.1 Å². The summed E-state index contributed by atoms with van der Waals surface area (Å²) in [7, 11) is 0. The number of hydrogen-bond acceptors (Lipinski definition) is 6. The third kappa shape index (κ3) is 4.71. The summed E-state index contributed by atoms with van der Waals surface area (Å²) in [6, 6.07) is 34.6. The second-order valence-corrected chi connectivity index (χ2v) is 11.0. The predicted octanol–water partition coefficient (Wildman–Crippen LogP) is 7.62. The highest BCUT2D eigenvalue weighted by atomic mass is 32.2. The summed E-state index contributed by atoms with van der Waals surface area (Å²) in [5, 5.41) is 22.1. The van der Waals surface area contributed by atoms with E-state index in [9.17, 15) is 9.90 Å². The zero-order chi connectivity index (χ0) is 28.6. The van der Waals surface area contributed by atoms with E-state index in [-0.39, 0.29) is 17.3 Å². The molecular weight excluding hydrogens is 542 g/mol. The first-order valence-corrected chi connectivity index (χ1v) is 14.5. The van der Waals surface area contributed by atoms with Gasteiger partial charge in [0, 0.05) is 33.1 Å². The first kappa shape index (κ1) is 25.7. The Bertz CT molecular complexity index is 2080. The van der Waals surface area contributed by atoms with E-state index in [0.29, 0.717) is 27.9 Å². The number of carbonyl (C=O) groups excluding carboxylic acids is 1. The van der Waals surface area contributed by atoms with Crippen LogP contribution in [-0.4, -0.2) is 41.4 Å². The number of Topliss-reactive ketones (excluding diaryl/α,β-unsaturated/α-hetero) is 1. The third-order valence-electron chi connectivity index (χ3n) is 7.20. The van der Waals surface area contributed by atoms with Gasteiger partial charge in [0.2, 0.25) is 0 Å². The Balaban J connectivity index is 1.41. The van der Waals surface area contributed by atoms with Gasteiger partial charge in [0.1, 0.15) is 11.4 Å². The summed E-state index contributed by atoms with van der Waals surface area (Å²) in [6.45, 7) is 2.04. The van der Waals surface area contributed by atoms with Gasteiger partial charge in [-0.3, -0.25) is 9.36 Å². The molecule has 7 aromatic rings. The van der Waals surface area contributed by atoms with E-state index in [1.807, 2.05) is 96.4 Å². The van der Waals surface area contributed by atoms with Crippen molar-refractivity contribution < 1.29 is 9.90 Å². The number of thioether (sulfide) groups is 1. The van der Waals surface area contributed by atoms with E-state index in [4.69, 9.17) is 4.98 Å². The lowest BCUT2D eigenvalue weighted by molar-refractivity contribution is 0.102. The van der Waals surface area contributed by atoms with Crippen LogP contribution in [0.4, 0.5) is 0 Å². The van der Waals surface area contributed by atoms with Gasteiger partial charge in [0.15, 0.2) is 16.8 Å². The minimum Gasteiger partial charge on any atom is -0.508 e. The van der Waals surface area contributed by atoms with E-state index in [1.165, 1.54) is 11.8 Å². The van der Waals surface area contributed by atoms with Crippen molar-refractivity contribution >= 4 is 39.4 Å². The number of nitrogens with zero attached hydrogens (tertiary/aromatic N) is 4. The van der Waals surface area contributed by atoms with Gasteiger partial charge in [0.25, 0.3) is 0 Å². The number of fused-ring (bicyclic) bond motifs is 3. The number of carbonyl (C=O) groups is 1. The zero-order valence-electron chi connectivity index (χ0n) is 22.7. The maximum atomic E-state index is 12.9. The summed E-state index contributed by atoms with van der Waals surface area (Å²) in [5.41, 5.74) is 6.62. The third-order valence-corrected chi connectivity index (χ3v) is 8.13. The van der Waals surface area contributed by atoms with Gasteiger partial charge < -0.3 is 10.1 Å². The van der Waals surface area contributed by atoms with Crippen molar-refractivity contribution in [3.63, 3.8) is 0 Å². The number of phenolic OH excluding ortho intramolecular Hbond substituents is 1. The Morgan fingerprint density at radius 3 is 2.45 bits per heavy atom. The summed E-state index contributed by atoms with van der Waals surface area (Å²) in [6.07, 6.45) is 0. The molecule has 4 aromatic carbocycles. The van der Waals surface area contributed by atoms with Gasteiger partial charge >= 0.3 is 0 Å². The first-order chi connectivity index (χ1) is 20.5. The van der Waals surface area contributed by atoms with Crippen molar-refractivity contribution in [3.8, 4) is 34.2 Å². The smallest absolute Gasteiger partial charge is 0.196 e. The van der Waals surface area contributed by atoms with Crippen molar-refractivity contribution in [2.75, 3.05) is 5.75 Å². The Kier molecular flexibility index (Phi) is 6.52. The molecule has 8 heteroatoms. The Labute approximate surface area is 245 Å². The highest BCUT2D eigenvalue weighted by Crippen LogP contribution is 2.37. The van der Waals surface area contributed by atoms with Crippen LogP contribution in [0.3, 0.4) is 0 Å². The molecule has 0 saturated heterocycles. The molecular formula is C34H25N5O2S. The first-order valence-electron chi connectivity index (χ1n) is 13.5. The van der Waals surface area contributed by atoms with Crippen LogP contribution in [0.2, 0.25) is 0 Å². The fourth-order valence-electron chi connectivity index (χ4n) is 5.12. The number of aromatic nitrogens is 5. The minimum atomic E-state index is 0.0186. The monoisotopic (exact) mass is 567 g/mol. The standard InChI is InChI=1S/C34H25N5O2S/c1-21-14-16-24(17-15-21)39-33(37-38-34(39)42-20-30(41)22-8-3-2-4-9-22)29-19-27-26-12-5-6-13-28(26)35-32(27)31(36-29)23-10-7-11-25(40)18-23/h2-19,35,40H,20H2,1H3. The molecule has 0 atom stereocenters. The van der Waals surface area contributed by atoms with Crippen molar-refractivity contribution in [1.29, 1.82) is 0 Å². The van der Waals surface area contributed by atoms with Gasteiger partial charge in [0.05, 0.1) is 17.0 Å². The molecule has 0 aliphatic carbocycles. The van der Waals surface area contributed by atoms with Gasteiger partial charge in [-0.05, 0) is 43.3 Å². The fourth-order valence-corrected chi connectivity index (χ4v) is 5.96. The summed E-state index contributed by atoms with van der Waals surface area (Å²) < 4.78 is 1.96. The van der Waals surface area contributed by atoms with Crippen molar-refractivity contribution in [3.05, 3.63) is 120 Å². The van der Waals surface area contributed by atoms with Crippen LogP contribution < -0.4 is 0 Å². The van der Waals surface area contributed by atoms with E-state index < -0.39 is 0 Å². The lowest BCUT2D eigenvalue weighted by Gasteiger charge is -2.12. The number of nitrogens with one attached hydrogen (secondary N) is 1. The maximum absolute atomic E-state index is 12.9. The van der Waals surface area contributed by atoms with Crippen molar-refractivity contribution in [1.82, 2.24) is 24.7 Å². The molecule has 7 nitrogen and oxygen atoms in total. The van der Waals surface area contributed by atoms with Gasteiger partial charge in [-0.25, -0.2) is 4.98 Å². The molecule has 7 rings (SSSR count). The van der Waals surface area contributed by atoms with Crippen molar-refractivity contribution in [2.24, 2.45) is 0 Å². The number of pyridine rings is 1. The second kappa shape index (κ2) is 10.6. The highest BCUT2D eigenvalue weighted by molar-refractivity contribution is 7.99. The number of aromatic amines is 1. The number of H-pyrrole nitrogens is 1. The molecule has 0 fully saturated rings. The van der Waals surface area contributed by atoms with E-state index >= 15 is 0 Å². The van der Waals surface area contributed by atoms with Gasteiger partial charge in [-0.2, -0.15) is 0 Å². The number of phenols is 1. The van der Waals surface area contributed by atoms with Crippen LogP contribution in [0.25, 0.3) is 50.3 Å². The second-order valence-electron chi connectivity index (χ2n) is 10.1. The SMILES string of the molecule is Cc1ccc(-n2c(SCC(=O)c3ccccc3)nnc2-c2cc3c([nH]c4ccccc43)c(-c3cccc(O)c3)n2)cc1. The Hall–Kier alpha value is -5.21. The molecule has 2 N–H and O–H groups in total. The number of benzene rings is 4. The average Bonchev–Trinajstić information content (AvgIpc) is 3.62. The summed E-state index contributed by atoms with van der Waals surface area (Å²) in [5.74, 6) is 0.957.